The van der Waals surface area contributed by atoms with Crippen LogP contribution in [0.25, 0.3) is 10.8 Å². The molecule has 0 radical (unpaired) electrons. The number of hydrazine groups is 1. The summed E-state index contributed by atoms with van der Waals surface area (Å²) in [5, 5.41) is 8.10. The molecule has 0 heterocycles. The molecule has 2 aromatic rings. The molecule has 7 heteroatoms. The summed E-state index contributed by atoms with van der Waals surface area (Å²) in [5.74, 6) is 0.000237. The van der Waals surface area contributed by atoms with Crippen LogP contribution in [0.3, 0.4) is 0 Å². The van der Waals surface area contributed by atoms with E-state index in [0.717, 1.165) is 29.3 Å². The molecule has 2 amide bonds. The van der Waals surface area contributed by atoms with E-state index in [0.29, 0.717) is 11.0 Å². The van der Waals surface area contributed by atoms with Crippen LogP contribution in [0.1, 0.15) is 25.8 Å². The maximum absolute atomic E-state index is 12.2. The normalized spacial score (nSPS) is 10.5. The van der Waals surface area contributed by atoms with Crippen molar-refractivity contribution in [2.45, 2.75) is 26.7 Å². The molecule has 0 spiro atoms. The minimum absolute atomic E-state index is 0.120. The molecule has 2 rings (SSSR count). The van der Waals surface area contributed by atoms with Crippen molar-refractivity contribution >= 4 is 39.9 Å². The van der Waals surface area contributed by atoms with Crippen LogP contribution in [-0.4, -0.2) is 30.0 Å². The van der Waals surface area contributed by atoms with Crippen LogP contribution in [0.5, 0.6) is 0 Å². The highest BCUT2D eigenvalue weighted by atomic mass is 32.1. The molecule has 0 aliphatic carbocycles. The van der Waals surface area contributed by atoms with Crippen LogP contribution >= 0.6 is 12.2 Å². The van der Waals surface area contributed by atoms with Crippen molar-refractivity contribution in [1.82, 2.24) is 21.5 Å². The summed E-state index contributed by atoms with van der Waals surface area (Å²) < 4.78 is 0. The number of thiocarbonyl (C=S) groups is 1. The van der Waals surface area contributed by atoms with Gasteiger partial charge in [-0.3, -0.25) is 20.4 Å². The number of hydrogen-bond acceptors (Lipinski definition) is 3. The Hall–Kier alpha value is -2.67. The molecule has 0 fully saturated rings. The summed E-state index contributed by atoms with van der Waals surface area (Å²) in [6.45, 7) is 4.87. The minimum Gasteiger partial charge on any atom is -0.361 e. The van der Waals surface area contributed by atoms with E-state index in [9.17, 15) is 9.59 Å². The summed E-state index contributed by atoms with van der Waals surface area (Å²) in [7, 11) is 0. The van der Waals surface area contributed by atoms with Gasteiger partial charge in [0.1, 0.15) is 0 Å². The van der Waals surface area contributed by atoms with E-state index in [1.54, 1.807) is 0 Å². The van der Waals surface area contributed by atoms with Crippen LogP contribution in [0, 0.1) is 5.92 Å². The Kier molecular flexibility index (Phi) is 8.00. The zero-order valence-corrected chi connectivity index (χ0v) is 16.5. The predicted octanol–water partition coefficient (Wildman–Crippen LogP) is 2.04. The third-order valence-corrected chi connectivity index (χ3v) is 4.25. The Morgan fingerprint density at radius 3 is 2.48 bits per heavy atom. The number of amides is 2. The second-order valence-corrected chi connectivity index (χ2v) is 7.11. The molecular weight excluding hydrogens is 360 g/mol. The van der Waals surface area contributed by atoms with Gasteiger partial charge in [-0.1, -0.05) is 56.3 Å². The fraction of sp³-hybridized carbons (Fsp3) is 0.350. The number of nitrogens with one attached hydrogen (secondary N) is 4. The summed E-state index contributed by atoms with van der Waals surface area (Å²) >= 11 is 5.07. The van der Waals surface area contributed by atoms with Gasteiger partial charge in [0.05, 0.1) is 13.0 Å². The molecule has 0 bridgehead atoms. The number of benzene rings is 2. The van der Waals surface area contributed by atoms with Crippen LogP contribution in [-0.2, 0) is 16.0 Å². The van der Waals surface area contributed by atoms with Crippen LogP contribution in [0.4, 0.5) is 0 Å². The van der Waals surface area contributed by atoms with Gasteiger partial charge in [-0.15, -0.1) is 0 Å². The van der Waals surface area contributed by atoms with Crippen molar-refractivity contribution < 1.29 is 9.59 Å². The van der Waals surface area contributed by atoms with Gasteiger partial charge in [0, 0.05) is 6.54 Å². The largest absolute Gasteiger partial charge is 0.361 e. The topological polar surface area (TPSA) is 82.3 Å². The Morgan fingerprint density at radius 2 is 1.70 bits per heavy atom. The summed E-state index contributed by atoms with van der Waals surface area (Å²) in [6, 6.07) is 13.8. The lowest BCUT2D eigenvalue weighted by Crippen LogP contribution is -2.50. The van der Waals surface area contributed by atoms with Gasteiger partial charge in [-0.2, -0.15) is 0 Å². The van der Waals surface area contributed by atoms with E-state index in [-0.39, 0.29) is 24.8 Å². The van der Waals surface area contributed by atoms with E-state index < -0.39 is 0 Å². The molecule has 0 aliphatic rings. The van der Waals surface area contributed by atoms with E-state index in [1.165, 1.54) is 0 Å². The molecule has 4 N–H and O–H groups in total. The van der Waals surface area contributed by atoms with Crippen LogP contribution in [0.2, 0.25) is 0 Å². The molecule has 0 unspecified atom stereocenters. The van der Waals surface area contributed by atoms with Crippen molar-refractivity contribution in [2.24, 2.45) is 5.92 Å². The second-order valence-electron chi connectivity index (χ2n) is 6.70. The van der Waals surface area contributed by atoms with E-state index in [4.69, 9.17) is 12.2 Å². The molecule has 2 aromatic carbocycles. The summed E-state index contributed by atoms with van der Waals surface area (Å²) in [4.78, 5) is 24.0. The number of carbonyl (C=O) groups excluding carboxylic acids is 2. The minimum atomic E-state index is -0.366. The molecule has 27 heavy (non-hydrogen) atoms. The number of rotatable bonds is 7. The maximum atomic E-state index is 12.2. The van der Waals surface area contributed by atoms with Crippen molar-refractivity contribution in [3.05, 3.63) is 48.0 Å². The van der Waals surface area contributed by atoms with Gasteiger partial charge in [-0.05, 0) is 40.9 Å². The summed E-state index contributed by atoms with van der Waals surface area (Å²) in [5.41, 5.74) is 6.02. The van der Waals surface area contributed by atoms with Gasteiger partial charge in [0.2, 0.25) is 5.91 Å². The van der Waals surface area contributed by atoms with Gasteiger partial charge in [0.15, 0.2) is 5.11 Å². The fourth-order valence-electron chi connectivity index (χ4n) is 2.55. The van der Waals surface area contributed by atoms with Crippen molar-refractivity contribution in [3.63, 3.8) is 0 Å². The quantitative estimate of drug-likeness (QED) is 0.432. The molecule has 0 aromatic heterocycles. The Labute approximate surface area is 165 Å². The van der Waals surface area contributed by atoms with Gasteiger partial charge in [0.25, 0.3) is 5.91 Å². The van der Waals surface area contributed by atoms with Gasteiger partial charge < -0.3 is 10.6 Å². The Bertz CT molecular complexity index is 802. The third-order valence-electron chi connectivity index (χ3n) is 4.00. The first-order valence-electron chi connectivity index (χ1n) is 9.01. The lowest BCUT2D eigenvalue weighted by molar-refractivity contribution is -0.126. The second kappa shape index (κ2) is 10.5. The maximum Gasteiger partial charge on any atom is 0.257 e. The number of hydrogen-bond donors (Lipinski definition) is 4. The van der Waals surface area contributed by atoms with E-state index in [1.807, 2.05) is 42.5 Å². The molecule has 0 aliphatic heterocycles. The number of fused-ring (bicyclic) bond motifs is 1. The van der Waals surface area contributed by atoms with E-state index in [2.05, 4.69) is 35.3 Å². The lowest BCUT2D eigenvalue weighted by atomic mass is 10.0. The standard InChI is InChI=1S/C20H26N4O2S/c1-14(2)10-11-21-20(27)24-23-19(26)13-22-18(25)12-16-8-5-7-15-6-3-4-9-17(15)16/h3-9,14H,10-13H2,1-2H3,(H,22,25)(H,23,26)(H2,21,24,27). The molecule has 6 nitrogen and oxygen atoms in total. The first-order valence-corrected chi connectivity index (χ1v) is 9.42. The smallest absolute Gasteiger partial charge is 0.257 e. The highest BCUT2D eigenvalue weighted by Crippen LogP contribution is 2.18. The first-order chi connectivity index (χ1) is 13.0. The predicted molar refractivity (Wildman–Crippen MR) is 112 cm³/mol. The van der Waals surface area contributed by atoms with Crippen LogP contribution < -0.4 is 21.5 Å². The molecular formula is C20H26N4O2S. The number of carbonyl (C=O) groups is 2. The zero-order chi connectivity index (χ0) is 19.6. The van der Waals surface area contributed by atoms with Crippen molar-refractivity contribution in [3.8, 4) is 0 Å². The first kappa shape index (κ1) is 20.6. The third kappa shape index (κ3) is 7.22. The van der Waals surface area contributed by atoms with Crippen molar-refractivity contribution in [1.29, 1.82) is 0 Å². The summed E-state index contributed by atoms with van der Waals surface area (Å²) in [6.07, 6.45) is 1.21. The van der Waals surface area contributed by atoms with Crippen molar-refractivity contribution in [2.75, 3.05) is 13.1 Å². The molecule has 144 valence electrons. The van der Waals surface area contributed by atoms with Gasteiger partial charge >= 0.3 is 0 Å². The molecule has 0 saturated heterocycles. The highest BCUT2D eigenvalue weighted by molar-refractivity contribution is 7.80. The fourth-order valence-corrected chi connectivity index (χ4v) is 2.70. The molecule has 0 saturated carbocycles. The van der Waals surface area contributed by atoms with Crippen LogP contribution in [0.15, 0.2) is 42.5 Å². The zero-order valence-electron chi connectivity index (χ0n) is 15.7. The van der Waals surface area contributed by atoms with Gasteiger partial charge in [-0.25, -0.2) is 0 Å². The Morgan fingerprint density at radius 1 is 0.963 bits per heavy atom. The average Bonchev–Trinajstić information content (AvgIpc) is 2.65. The molecule has 0 atom stereocenters. The average molecular weight is 387 g/mol. The lowest BCUT2D eigenvalue weighted by Gasteiger charge is -2.13. The highest BCUT2D eigenvalue weighted by Gasteiger charge is 2.09. The Balaban J connectivity index is 1.72. The van der Waals surface area contributed by atoms with E-state index >= 15 is 0 Å². The monoisotopic (exact) mass is 386 g/mol. The SMILES string of the molecule is CC(C)CCNC(=S)NNC(=O)CNC(=O)Cc1cccc2ccccc12.